The first-order valence-electron chi connectivity index (χ1n) is 5.55. The quantitative estimate of drug-likeness (QED) is 0.276. The Morgan fingerprint density at radius 2 is 2.33 bits per heavy atom. The number of hydrogen-bond donors (Lipinski definition) is 4. The van der Waals surface area contributed by atoms with Crippen LogP contribution in [0.25, 0.3) is 0 Å². The molecule has 0 saturated carbocycles. The second kappa shape index (κ2) is 8.20. The predicted octanol–water partition coefficient (Wildman–Crippen LogP) is -0.673. The normalized spacial score (nSPS) is 9.89. The summed E-state index contributed by atoms with van der Waals surface area (Å²) in [4.78, 5) is 19.3. The monoisotopic (exact) mass is 254 g/mol. The van der Waals surface area contributed by atoms with Gasteiger partial charge in [-0.25, -0.2) is 10.8 Å². The average molecular weight is 254 g/mol. The summed E-state index contributed by atoms with van der Waals surface area (Å²) in [7, 11) is 1.59. The van der Waals surface area contributed by atoms with Gasteiger partial charge in [-0.3, -0.25) is 10.2 Å². The molecule has 0 aliphatic heterocycles. The molecule has 1 rings (SSSR count). The lowest BCUT2D eigenvalue weighted by Gasteiger charge is -2.07. The van der Waals surface area contributed by atoms with Crippen LogP contribution in [0, 0.1) is 0 Å². The molecule has 0 atom stereocenters. The van der Waals surface area contributed by atoms with Crippen molar-refractivity contribution in [1.29, 1.82) is 0 Å². The van der Waals surface area contributed by atoms with E-state index in [1.54, 1.807) is 19.4 Å². The number of rotatable bonds is 8. The lowest BCUT2D eigenvalue weighted by molar-refractivity contribution is -0.121. The van der Waals surface area contributed by atoms with Gasteiger partial charge in [0.05, 0.1) is 6.61 Å². The van der Waals surface area contributed by atoms with Crippen LogP contribution in [0.5, 0.6) is 0 Å². The highest BCUT2D eigenvalue weighted by Gasteiger charge is 2.01. The van der Waals surface area contributed by atoms with E-state index in [-0.39, 0.29) is 5.91 Å². The maximum atomic E-state index is 11.4. The summed E-state index contributed by atoms with van der Waals surface area (Å²) < 4.78 is 4.83. The second-order valence-electron chi connectivity index (χ2n) is 3.43. The van der Waals surface area contributed by atoms with Gasteiger partial charge in [-0.1, -0.05) is 0 Å². The van der Waals surface area contributed by atoms with Gasteiger partial charge in [0.1, 0.15) is 5.82 Å². The summed E-state index contributed by atoms with van der Waals surface area (Å²) in [6, 6.07) is 1.70. The topological polar surface area (TPSA) is 114 Å². The standard InChI is InChI=1S/C10H18N6O2/c1-18-7-6-13-9(17)3-5-12-8-2-4-14-10(15-8)16-11/h2,4H,3,5-7,11H2,1H3,(H,13,17)(H2,12,14,15,16). The van der Waals surface area contributed by atoms with Gasteiger partial charge in [-0.15, -0.1) is 0 Å². The molecule has 0 bridgehead atoms. The SMILES string of the molecule is COCCNC(=O)CCNc1ccnc(NN)n1. The van der Waals surface area contributed by atoms with Gasteiger partial charge in [0.15, 0.2) is 0 Å². The Hall–Kier alpha value is -1.93. The number of ether oxygens (including phenoxy) is 1. The summed E-state index contributed by atoms with van der Waals surface area (Å²) in [5.41, 5.74) is 2.35. The first-order valence-corrected chi connectivity index (χ1v) is 5.55. The van der Waals surface area contributed by atoms with E-state index < -0.39 is 0 Å². The van der Waals surface area contributed by atoms with Crippen LogP contribution in [0.1, 0.15) is 6.42 Å². The predicted molar refractivity (Wildman–Crippen MR) is 67.8 cm³/mol. The number of hydrazine groups is 1. The molecule has 1 heterocycles. The number of amides is 1. The Morgan fingerprint density at radius 1 is 1.50 bits per heavy atom. The van der Waals surface area contributed by atoms with Crippen molar-refractivity contribution in [2.75, 3.05) is 37.5 Å². The minimum Gasteiger partial charge on any atom is -0.383 e. The molecule has 1 aromatic heterocycles. The fraction of sp³-hybridized carbons (Fsp3) is 0.500. The van der Waals surface area contributed by atoms with Crippen molar-refractivity contribution in [2.45, 2.75) is 6.42 Å². The fourth-order valence-electron chi connectivity index (χ4n) is 1.21. The van der Waals surface area contributed by atoms with E-state index in [4.69, 9.17) is 10.6 Å². The van der Waals surface area contributed by atoms with Crippen LogP contribution < -0.4 is 21.9 Å². The molecule has 5 N–H and O–H groups in total. The van der Waals surface area contributed by atoms with Gasteiger partial charge in [0.2, 0.25) is 11.9 Å². The number of hydrogen-bond acceptors (Lipinski definition) is 7. The largest absolute Gasteiger partial charge is 0.383 e. The number of nitrogens with one attached hydrogen (secondary N) is 3. The van der Waals surface area contributed by atoms with Gasteiger partial charge in [-0.2, -0.15) is 4.98 Å². The van der Waals surface area contributed by atoms with Gasteiger partial charge >= 0.3 is 0 Å². The van der Waals surface area contributed by atoms with E-state index in [0.717, 1.165) is 0 Å². The smallest absolute Gasteiger partial charge is 0.239 e. The Balaban J connectivity index is 2.22. The highest BCUT2D eigenvalue weighted by molar-refractivity contribution is 5.76. The minimum atomic E-state index is -0.0363. The third kappa shape index (κ3) is 5.41. The molecule has 1 amide bonds. The van der Waals surface area contributed by atoms with Gasteiger partial charge in [0.25, 0.3) is 0 Å². The van der Waals surface area contributed by atoms with E-state index >= 15 is 0 Å². The molecule has 0 aromatic carbocycles. The molecule has 0 spiro atoms. The van der Waals surface area contributed by atoms with Crippen LogP contribution in [-0.4, -0.2) is 42.7 Å². The molecule has 0 aliphatic rings. The Labute approximate surface area is 105 Å². The number of nitrogens with two attached hydrogens (primary N) is 1. The first-order chi connectivity index (χ1) is 8.76. The van der Waals surface area contributed by atoms with E-state index in [0.29, 0.717) is 37.9 Å². The summed E-state index contributed by atoms with van der Waals surface area (Å²) in [6.07, 6.45) is 1.93. The van der Waals surface area contributed by atoms with E-state index in [1.807, 2.05) is 0 Å². The number of anilines is 2. The Morgan fingerprint density at radius 3 is 3.06 bits per heavy atom. The zero-order valence-electron chi connectivity index (χ0n) is 10.3. The van der Waals surface area contributed by atoms with Gasteiger partial charge in [0, 0.05) is 32.8 Å². The molecule has 0 radical (unpaired) electrons. The molecule has 100 valence electrons. The van der Waals surface area contributed by atoms with Gasteiger partial charge in [-0.05, 0) is 6.07 Å². The number of nitrogen functional groups attached to an aromatic ring is 1. The Kier molecular flexibility index (Phi) is 6.44. The third-order valence-corrected chi connectivity index (χ3v) is 2.07. The molecular weight excluding hydrogens is 236 g/mol. The number of aromatic nitrogens is 2. The molecular formula is C10H18N6O2. The number of methoxy groups -OCH3 is 1. The number of carbonyl (C=O) groups is 1. The second-order valence-corrected chi connectivity index (χ2v) is 3.43. The molecule has 8 heteroatoms. The zero-order chi connectivity index (χ0) is 13.2. The maximum absolute atomic E-state index is 11.4. The van der Waals surface area contributed by atoms with E-state index in [9.17, 15) is 4.79 Å². The van der Waals surface area contributed by atoms with Crippen LogP contribution in [0.15, 0.2) is 12.3 Å². The minimum absolute atomic E-state index is 0.0363. The number of nitrogens with zero attached hydrogens (tertiary/aromatic N) is 2. The molecule has 0 aliphatic carbocycles. The molecule has 0 unspecified atom stereocenters. The van der Waals surface area contributed by atoms with Crippen LogP contribution in [0.3, 0.4) is 0 Å². The van der Waals surface area contributed by atoms with Crippen molar-refractivity contribution in [3.05, 3.63) is 12.3 Å². The molecule has 18 heavy (non-hydrogen) atoms. The average Bonchev–Trinajstić information content (AvgIpc) is 2.39. The molecule has 1 aromatic rings. The Bertz CT molecular complexity index is 373. The molecule has 0 fully saturated rings. The summed E-state index contributed by atoms with van der Waals surface area (Å²) >= 11 is 0. The zero-order valence-corrected chi connectivity index (χ0v) is 10.3. The summed E-state index contributed by atoms with van der Waals surface area (Å²) in [6.45, 7) is 1.51. The fourth-order valence-corrected chi connectivity index (χ4v) is 1.21. The third-order valence-electron chi connectivity index (χ3n) is 2.07. The van der Waals surface area contributed by atoms with Gasteiger partial charge < -0.3 is 15.4 Å². The maximum Gasteiger partial charge on any atom is 0.239 e. The highest BCUT2D eigenvalue weighted by Crippen LogP contribution is 2.03. The van der Waals surface area contributed by atoms with Crippen LogP contribution in [0.2, 0.25) is 0 Å². The summed E-state index contributed by atoms with van der Waals surface area (Å²) in [5, 5.41) is 5.73. The lowest BCUT2D eigenvalue weighted by atomic mass is 10.4. The molecule has 0 saturated heterocycles. The highest BCUT2D eigenvalue weighted by atomic mass is 16.5. The summed E-state index contributed by atoms with van der Waals surface area (Å²) in [5.74, 6) is 6.09. The van der Waals surface area contributed by atoms with Crippen molar-refractivity contribution in [3.63, 3.8) is 0 Å². The van der Waals surface area contributed by atoms with E-state index in [2.05, 4.69) is 26.0 Å². The van der Waals surface area contributed by atoms with Crippen LogP contribution in [-0.2, 0) is 9.53 Å². The van der Waals surface area contributed by atoms with Crippen LogP contribution >= 0.6 is 0 Å². The van der Waals surface area contributed by atoms with Crippen molar-refractivity contribution < 1.29 is 9.53 Å². The van der Waals surface area contributed by atoms with Crippen LogP contribution in [0.4, 0.5) is 11.8 Å². The van der Waals surface area contributed by atoms with Crippen molar-refractivity contribution in [2.24, 2.45) is 5.84 Å². The molecule has 8 nitrogen and oxygen atoms in total. The van der Waals surface area contributed by atoms with Crippen molar-refractivity contribution in [1.82, 2.24) is 15.3 Å². The van der Waals surface area contributed by atoms with E-state index in [1.165, 1.54) is 0 Å². The lowest BCUT2D eigenvalue weighted by Crippen LogP contribution is -2.28. The number of carbonyl (C=O) groups excluding carboxylic acids is 1. The van der Waals surface area contributed by atoms with Crippen molar-refractivity contribution >= 4 is 17.7 Å². The first kappa shape index (κ1) is 14.1. The van der Waals surface area contributed by atoms with Crippen molar-refractivity contribution in [3.8, 4) is 0 Å².